The normalized spacial score (nSPS) is 11.7. The maximum Gasteiger partial charge on any atom is 0.315 e. The van der Waals surface area contributed by atoms with Gasteiger partial charge in [0.05, 0.1) is 12.9 Å². The van der Waals surface area contributed by atoms with E-state index < -0.39 is 0 Å². The molecule has 0 bridgehead atoms. The third-order valence-corrected chi connectivity index (χ3v) is 3.10. The Morgan fingerprint density at radius 2 is 2.14 bits per heavy atom. The summed E-state index contributed by atoms with van der Waals surface area (Å²) in [5, 5.41) is 5.64. The van der Waals surface area contributed by atoms with E-state index in [1.165, 1.54) is 5.56 Å². The van der Waals surface area contributed by atoms with Crippen LogP contribution in [0.15, 0.2) is 43.0 Å². The second kappa shape index (κ2) is 8.07. The number of amides is 2. The number of rotatable bonds is 7. The van der Waals surface area contributed by atoms with E-state index in [1.807, 2.05) is 48.9 Å². The molecule has 0 radical (unpaired) electrons. The summed E-state index contributed by atoms with van der Waals surface area (Å²) in [6.45, 7) is 5.56. The first kappa shape index (κ1) is 15.9. The van der Waals surface area contributed by atoms with Crippen LogP contribution in [0.1, 0.15) is 12.5 Å². The molecule has 0 aliphatic rings. The van der Waals surface area contributed by atoms with E-state index in [0.717, 1.165) is 5.75 Å². The van der Waals surface area contributed by atoms with Crippen LogP contribution in [0.2, 0.25) is 0 Å². The van der Waals surface area contributed by atoms with Crippen molar-refractivity contribution >= 4 is 6.03 Å². The molecule has 118 valence electrons. The quantitative estimate of drug-likeness (QED) is 0.768. The zero-order chi connectivity index (χ0) is 15.8. The van der Waals surface area contributed by atoms with Gasteiger partial charge in [0.1, 0.15) is 12.4 Å². The summed E-state index contributed by atoms with van der Waals surface area (Å²) in [4.78, 5) is 15.7. The molecule has 2 aromatic rings. The van der Waals surface area contributed by atoms with Crippen molar-refractivity contribution in [2.75, 3.05) is 13.2 Å². The van der Waals surface area contributed by atoms with Crippen LogP contribution in [0, 0.1) is 6.92 Å². The molecule has 2 N–H and O–H groups in total. The Bertz CT molecular complexity index is 566. The molecule has 0 aliphatic heterocycles. The number of hydrogen-bond donors (Lipinski definition) is 2. The van der Waals surface area contributed by atoms with Crippen LogP contribution in [-0.2, 0) is 6.54 Å². The van der Waals surface area contributed by atoms with Gasteiger partial charge in [-0.3, -0.25) is 0 Å². The van der Waals surface area contributed by atoms with Crippen molar-refractivity contribution < 1.29 is 9.53 Å². The third-order valence-electron chi connectivity index (χ3n) is 3.10. The SMILES string of the molecule is Cc1ccc(OCCNC(=O)N[C@H](C)Cn2ccnc2)cc1. The number of ether oxygens (including phenoxy) is 1. The van der Waals surface area contributed by atoms with Crippen LogP contribution in [0.25, 0.3) is 0 Å². The minimum Gasteiger partial charge on any atom is -0.492 e. The van der Waals surface area contributed by atoms with Gasteiger partial charge in [-0.25, -0.2) is 9.78 Å². The van der Waals surface area contributed by atoms with Crippen molar-refractivity contribution in [3.8, 4) is 5.75 Å². The van der Waals surface area contributed by atoms with Gasteiger partial charge in [0.15, 0.2) is 0 Å². The first-order valence-corrected chi connectivity index (χ1v) is 7.33. The van der Waals surface area contributed by atoms with Crippen LogP contribution in [0.5, 0.6) is 5.75 Å². The van der Waals surface area contributed by atoms with E-state index in [2.05, 4.69) is 15.6 Å². The molecule has 0 fully saturated rings. The fourth-order valence-corrected chi connectivity index (χ4v) is 2.00. The Kier molecular flexibility index (Phi) is 5.82. The number of carbonyl (C=O) groups is 1. The molecule has 1 aromatic carbocycles. The molecule has 22 heavy (non-hydrogen) atoms. The minimum atomic E-state index is -0.194. The Balaban J connectivity index is 1.60. The Labute approximate surface area is 130 Å². The average Bonchev–Trinajstić information content (AvgIpc) is 2.98. The number of carbonyl (C=O) groups excluding carboxylic acids is 1. The van der Waals surface area contributed by atoms with Crippen LogP contribution >= 0.6 is 0 Å². The second-order valence-electron chi connectivity index (χ2n) is 5.22. The third kappa shape index (κ3) is 5.47. The van der Waals surface area contributed by atoms with Crippen molar-refractivity contribution in [3.05, 3.63) is 48.5 Å². The molecule has 2 amide bonds. The molecule has 6 heteroatoms. The van der Waals surface area contributed by atoms with Crippen LogP contribution < -0.4 is 15.4 Å². The molecule has 2 rings (SSSR count). The van der Waals surface area contributed by atoms with E-state index >= 15 is 0 Å². The number of nitrogens with one attached hydrogen (secondary N) is 2. The molecular formula is C16H22N4O2. The number of urea groups is 1. The zero-order valence-corrected chi connectivity index (χ0v) is 13.0. The molecule has 0 saturated carbocycles. The lowest BCUT2D eigenvalue weighted by molar-refractivity contribution is 0.232. The molecule has 1 atom stereocenters. The molecule has 1 heterocycles. The first-order valence-electron chi connectivity index (χ1n) is 7.33. The summed E-state index contributed by atoms with van der Waals surface area (Å²) in [5.41, 5.74) is 1.19. The maximum atomic E-state index is 11.7. The minimum absolute atomic E-state index is 0.0206. The molecular weight excluding hydrogens is 280 g/mol. The van der Waals surface area contributed by atoms with Gasteiger partial charge in [-0.1, -0.05) is 17.7 Å². The highest BCUT2D eigenvalue weighted by Gasteiger charge is 2.07. The van der Waals surface area contributed by atoms with Crippen molar-refractivity contribution in [2.24, 2.45) is 0 Å². The van der Waals surface area contributed by atoms with Gasteiger partial charge in [-0.15, -0.1) is 0 Å². The molecule has 0 aliphatic carbocycles. The van der Waals surface area contributed by atoms with Gasteiger partial charge in [-0.2, -0.15) is 0 Å². The van der Waals surface area contributed by atoms with Crippen molar-refractivity contribution in [3.63, 3.8) is 0 Å². The Morgan fingerprint density at radius 1 is 1.36 bits per heavy atom. The lowest BCUT2D eigenvalue weighted by Gasteiger charge is -2.15. The van der Waals surface area contributed by atoms with Crippen LogP contribution in [0.3, 0.4) is 0 Å². The standard InChI is InChI=1S/C16H22N4O2/c1-13-3-5-15(6-4-13)22-10-8-18-16(21)19-14(2)11-20-9-7-17-12-20/h3-7,9,12,14H,8,10-11H2,1-2H3,(H2,18,19,21)/t14-/m1/s1. The average molecular weight is 302 g/mol. The van der Waals surface area contributed by atoms with Gasteiger partial charge < -0.3 is 19.9 Å². The zero-order valence-electron chi connectivity index (χ0n) is 13.0. The van der Waals surface area contributed by atoms with E-state index in [1.54, 1.807) is 12.5 Å². The molecule has 1 aromatic heterocycles. The van der Waals surface area contributed by atoms with Crippen molar-refractivity contribution in [2.45, 2.75) is 26.4 Å². The summed E-state index contributed by atoms with van der Waals surface area (Å²) in [6, 6.07) is 7.65. The number of hydrogen-bond acceptors (Lipinski definition) is 3. The fourth-order valence-electron chi connectivity index (χ4n) is 2.00. The molecule has 0 spiro atoms. The predicted molar refractivity (Wildman–Crippen MR) is 84.9 cm³/mol. The Hall–Kier alpha value is -2.50. The smallest absolute Gasteiger partial charge is 0.315 e. The van der Waals surface area contributed by atoms with Gasteiger partial charge >= 0.3 is 6.03 Å². The van der Waals surface area contributed by atoms with Gasteiger partial charge in [-0.05, 0) is 26.0 Å². The largest absolute Gasteiger partial charge is 0.492 e. The highest BCUT2D eigenvalue weighted by molar-refractivity contribution is 5.74. The number of benzene rings is 1. The maximum absolute atomic E-state index is 11.7. The molecule has 0 unspecified atom stereocenters. The summed E-state index contributed by atoms with van der Waals surface area (Å²) in [7, 11) is 0. The highest BCUT2D eigenvalue weighted by Crippen LogP contribution is 2.10. The van der Waals surface area contributed by atoms with Gasteiger partial charge in [0.2, 0.25) is 0 Å². The van der Waals surface area contributed by atoms with Crippen molar-refractivity contribution in [1.82, 2.24) is 20.2 Å². The van der Waals surface area contributed by atoms with Gasteiger partial charge in [0.25, 0.3) is 0 Å². The van der Waals surface area contributed by atoms with E-state index in [4.69, 9.17) is 4.74 Å². The molecule has 0 saturated heterocycles. The Morgan fingerprint density at radius 3 is 2.82 bits per heavy atom. The summed E-state index contributed by atoms with van der Waals surface area (Å²) < 4.78 is 7.47. The van der Waals surface area contributed by atoms with E-state index in [-0.39, 0.29) is 12.1 Å². The first-order chi connectivity index (χ1) is 10.6. The summed E-state index contributed by atoms with van der Waals surface area (Å²) in [5.74, 6) is 0.807. The number of aryl methyl sites for hydroxylation is 1. The second-order valence-corrected chi connectivity index (χ2v) is 5.22. The summed E-state index contributed by atoms with van der Waals surface area (Å²) in [6.07, 6.45) is 5.31. The lowest BCUT2D eigenvalue weighted by Crippen LogP contribution is -2.43. The number of nitrogens with zero attached hydrogens (tertiary/aromatic N) is 2. The van der Waals surface area contributed by atoms with Gasteiger partial charge in [0, 0.05) is 25.0 Å². The highest BCUT2D eigenvalue weighted by atomic mass is 16.5. The lowest BCUT2D eigenvalue weighted by atomic mass is 10.2. The van der Waals surface area contributed by atoms with E-state index in [9.17, 15) is 4.79 Å². The monoisotopic (exact) mass is 302 g/mol. The van der Waals surface area contributed by atoms with E-state index in [0.29, 0.717) is 19.7 Å². The van der Waals surface area contributed by atoms with Crippen molar-refractivity contribution in [1.29, 1.82) is 0 Å². The predicted octanol–water partition coefficient (Wildman–Crippen LogP) is 1.96. The number of aromatic nitrogens is 2. The van der Waals surface area contributed by atoms with Crippen LogP contribution in [0.4, 0.5) is 4.79 Å². The number of imidazole rings is 1. The molecule has 6 nitrogen and oxygen atoms in total. The topological polar surface area (TPSA) is 68.2 Å². The van der Waals surface area contributed by atoms with Crippen LogP contribution in [-0.4, -0.2) is 34.8 Å². The fraction of sp³-hybridized carbons (Fsp3) is 0.375. The summed E-state index contributed by atoms with van der Waals surface area (Å²) >= 11 is 0.